The van der Waals surface area contributed by atoms with Crippen LogP contribution in [-0.4, -0.2) is 64.4 Å². The van der Waals surface area contributed by atoms with Crippen molar-refractivity contribution < 1.29 is 32.5 Å². The van der Waals surface area contributed by atoms with Gasteiger partial charge in [0, 0.05) is 18.7 Å². The number of methoxy groups -OCH3 is 2. The van der Waals surface area contributed by atoms with Crippen LogP contribution in [0.4, 0.5) is 0 Å². The van der Waals surface area contributed by atoms with Crippen molar-refractivity contribution in [2.24, 2.45) is 5.10 Å². The zero-order valence-corrected chi connectivity index (χ0v) is 18.5. The largest absolute Gasteiger partial charge is 0.504 e. The topological polar surface area (TPSA) is 127 Å². The molecule has 0 fully saturated rings. The van der Waals surface area contributed by atoms with E-state index in [1.165, 1.54) is 39.6 Å². The molecule has 0 radical (unpaired) electrons. The van der Waals surface area contributed by atoms with Crippen LogP contribution in [0.1, 0.15) is 12.5 Å². The third-order valence-corrected chi connectivity index (χ3v) is 5.97. The van der Waals surface area contributed by atoms with Gasteiger partial charge in [0.1, 0.15) is 16.4 Å². The lowest BCUT2D eigenvalue weighted by Crippen LogP contribution is -2.36. The number of hydrogen-bond donors (Lipinski definition) is 2. The Kier molecular flexibility index (Phi) is 8.22. The Hall–Kier alpha value is -3.31. The molecule has 2 aromatic carbocycles. The summed E-state index contributed by atoms with van der Waals surface area (Å²) in [6, 6.07) is 9.19. The van der Waals surface area contributed by atoms with Crippen LogP contribution in [0.15, 0.2) is 46.4 Å². The molecule has 0 aliphatic carbocycles. The highest BCUT2D eigenvalue weighted by molar-refractivity contribution is 7.89. The standard InChI is InChI=1S/C20H25N3O7S/c1-5-30-17-8-6-7-14(20(17)25)12-21-22-19(24)13-23(2)31(26,27)18-11-15(28-3)9-10-16(18)29-4/h6-12,25H,5,13H2,1-4H3,(H,22,24). The fourth-order valence-electron chi connectivity index (χ4n) is 2.57. The van der Waals surface area contributed by atoms with Crippen molar-refractivity contribution in [3.63, 3.8) is 0 Å². The van der Waals surface area contributed by atoms with Crippen LogP contribution in [-0.2, 0) is 14.8 Å². The molecule has 0 unspecified atom stereocenters. The van der Waals surface area contributed by atoms with Crippen molar-refractivity contribution in [3.8, 4) is 23.0 Å². The van der Waals surface area contributed by atoms with Gasteiger partial charge in [-0.1, -0.05) is 6.07 Å². The Morgan fingerprint density at radius 2 is 1.94 bits per heavy atom. The summed E-state index contributed by atoms with van der Waals surface area (Å²) in [5.41, 5.74) is 2.56. The highest BCUT2D eigenvalue weighted by Crippen LogP contribution is 2.30. The minimum absolute atomic E-state index is 0.118. The molecule has 2 rings (SSSR count). The highest BCUT2D eigenvalue weighted by atomic mass is 32.2. The summed E-state index contributed by atoms with van der Waals surface area (Å²) in [5.74, 6) is -0.0562. The lowest BCUT2D eigenvalue weighted by atomic mass is 10.2. The highest BCUT2D eigenvalue weighted by Gasteiger charge is 2.27. The molecule has 10 nitrogen and oxygen atoms in total. The second kappa shape index (κ2) is 10.6. The predicted molar refractivity (Wildman–Crippen MR) is 114 cm³/mol. The number of carbonyl (C=O) groups is 1. The quantitative estimate of drug-likeness (QED) is 0.415. The first kappa shape index (κ1) is 24.0. The summed E-state index contributed by atoms with van der Waals surface area (Å²) in [4.78, 5) is 12.0. The van der Waals surface area contributed by atoms with Gasteiger partial charge < -0.3 is 19.3 Å². The van der Waals surface area contributed by atoms with E-state index < -0.39 is 22.5 Å². The van der Waals surface area contributed by atoms with Crippen LogP contribution >= 0.6 is 0 Å². The van der Waals surface area contributed by atoms with Gasteiger partial charge in [-0.15, -0.1) is 0 Å². The minimum atomic E-state index is -4.05. The number of phenolic OH excluding ortho intramolecular Hbond substituents is 1. The van der Waals surface area contributed by atoms with Crippen molar-refractivity contribution in [1.29, 1.82) is 0 Å². The molecule has 0 saturated carbocycles. The molecule has 0 aromatic heterocycles. The molecule has 0 spiro atoms. The number of ether oxygens (including phenoxy) is 3. The van der Waals surface area contributed by atoms with Gasteiger partial charge in [0.15, 0.2) is 11.5 Å². The lowest BCUT2D eigenvalue weighted by molar-refractivity contribution is -0.121. The predicted octanol–water partition coefficient (Wildman–Crippen LogP) is 1.58. The van der Waals surface area contributed by atoms with Crippen molar-refractivity contribution in [2.75, 3.05) is 34.4 Å². The summed E-state index contributed by atoms with van der Waals surface area (Å²) < 4.78 is 42.1. The number of likely N-dealkylation sites (N-methyl/N-ethyl adjacent to an activating group) is 1. The van der Waals surface area contributed by atoms with Crippen LogP contribution in [0.3, 0.4) is 0 Å². The second-order valence-electron chi connectivity index (χ2n) is 6.20. The molecular formula is C20H25N3O7S. The number of aromatic hydroxyl groups is 1. The van der Waals surface area contributed by atoms with Gasteiger partial charge >= 0.3 is 0 Å². The molecule has 0 heterocycles. The fourth-order valence-corrected chi connectivity index (χ4v) is 3.86. The van der Waals surface area contributed by atoms with E-state index in [1.54, 1.807) is 31.2 Å². The Morgan fingerprint density at radius 3 is 2.58 bits per heavy atom. The van der Waals surface area contributed by atoms with E-state index in [1.807, 2.05) is 0 Å². The SMILES string of the molecule is CCOc1cccc(C=NNC(=O)CN(C)S(=O)(=O)c2cc(OC)ccc2OC)c1O. The van der Waals surface area contributed by atoms with E-state index in [2.05, 4.69) is 10.5 Å². The van der Waals surface area contributed by atoms with Crippen molar-refractivity contribution in [1.82, 2.24) is 9.73 Å². The average molecular weight is 452 g/mol. The number of hydrazone groups is 1. The van der Waals surface area contributed by atoms with Crippen molar-refractivity contribution >= 4 is 22.1 Å². The Balaban J connectivity index is 2.09. The lowest BCUT2D eigenvalue weighted by Gasteiger charge is -2.18. The molecule has 0 aliphatic heterocycles. The maximum Gasteiger partial charge on any atom is 0.255 e. The number of phenols is 1. The number of rotatable bonds is 10. The van der Waals surface area contributed by atoms with E-state index >= 15 is 0 Å². The fraction of sp³-hybridized carbons (Fsp3) is 0.300. The summed E-state index contributed by atoms with van der Waals surface area (Å²) >= 11 is 0. The monoisotopic (exact) mass is 451 g/mol. The number of nitrogens with zero attached hydrogens (tertiary/aromatic N) is 2. The molecule has 11 heteroatoms. The van der Waals surface area contributed by atoms with Crippen LogP contribution in [0.2, 0.25) is 0 Å². The van der Waals surface area contributed by atoms with Gasteiger partial charge in [-0.25, -0.2) is 13.8 Å². The summed E-state index contributed by atoms with van der Waals surface area (Å²) in [5, 5.41) is 13.9. The van der Waals surface area contributed by atoms with Gasteiger partial charge in [0.05, 0.1) is 33.6 Å². The number of amides is 1. The molecule has 0 atom stereocenters. The number of carbonyl (C=O) groups excluding carboxylic acids is 1. The molecule has 168 valence electrons. The van der Waals surface area contributed by atoms with Crippen molar-refractivity contribution in [3.05, 3.63) is 42.0 Å². The Morgan fingerprint density at radius 1 is 1.19 bits per heavy atom. The Labute approximate surface area is 181 Å². The normalized spacial score (nSPS) is 11.5. The maximum absolute atomic E-state index is 12.9. The van der Waals surface area contributed by atoms with Gasteiger partial charge in [-0.3, -0.25) is 4.79 Å². The maximum atomic E-state index is 12.9. The molecule has 31 heavy (non-hydrogen) atoms. The van der Waals surface area contributed by atoms with E-state index in [0.29, 0.717) is 17.9 Å². The molecule has 0 aliphatic rings. The third-order valence-electron chi connectivity index (χ3n) is 4.15. The second-order valence-corrected chi connectivity index (χ2v) is 8.21. The zero-order chi connectivity index (χ0) is 23.0. The Bertz CT molecular complexity index is 1050. The van der Waals surface area contributed by atoms with Crippen LogP contribution < -0.4 is 19.6 Å². The van der Waals surface area contributed by atoms with Crippen LogP contribution in [0.25, 0.3) is 0 Å². The first-order valence-electron chi connectivity index (χ1n) is 9.19. The molecule has 0 saturated heterocycles. The van der Waals surface area contributed by atoms with Crippen molar-refractivity contribution in [2.45, 2.75) is 11.8 Å². The van der Waals surface area contributed by atoms with E-state index in [9.17, 15) is 18.3 Å². The summed E-state index contributed by atoms with van der Waals surface area (Å²) in [6.07, 6.45) is 1.23. The van der Waals surface area contributed by atoms with E-state index in [0.717, 1.165) is 4.31 Å². The molecule has 1 amide bonds. The van der Waals surface area contributed by atoms with Gasteiger partial charge in [-0.05, 0) is 31.2 Å². The number of hydrogen-bond acceptors (Lipinski definition) is 8. The number of benzene rings is 2. The van der Waals surface area contributed by atoms with E-state index in [-0.39, 0.29) is 22.1 Å². The smallest absolute Gasteiger partial charge is 0.255 e. The number of sulfonamides is 1. The molecule has 2 N–H and O–H groups in total. The minimum Gasteiger partial charge on any atom is -0.504 e. The van der Waals surface area contributed by atoms with Gasteiger partial charge in [-0.2, -0.15) is 9.41 Å². The first-order chi connectivity index (χ1) is 14.7. The summed E-state index contributed by atoms with van der Waals surface area (Å²) in [7, 11) is -0.0299. The van der Waals surface area contributed by atoms with Gasteiger partial charge in [0.25, 0.3) is 5.91 Å². The average Bonchev–Trinajstić information content (AvgIpc) is 2.75. The van der Waals surface area contributed by atoms with Crippen LogP contribution in [0.5, 0.6) is 23.0 Å². The van der Waals surface area contributed by atoms with Crippen LogP contribution in [0, 0.1) is 0 Å². The van der Waals surface area contributed by atoms with E-state index in [4.69, 9.17) is 14.2 Å². The first-order valence-corrected chi connectivity index (χ1v) is 10.6. The molecule has 2 aromatic rings. The van der Waals surface area contributed by atoms with Gasteiger partial charge in [0.2, 0.25) is 10.0 Å². The summed E-state index contributed by atoms with van der Waals surface area (Å²) in [6.45, 7) is 1.67. The number of para-hydroxylation sites is 1. The third kappa shape index (κ3) is 5.86. The number of nitrogens with one attached hydrogen (secondary N) is 1. The molecule has 0 bridgehead atoms. The molecular weight excluding hydrogens is 426 g/mol. The zero-order valence-electron chi connectivity index (χ0n) is 17.7.